The molecule has 0 amide bonds. The molecule has 0 aromatic heterocycles. The summed E-state index contributed by atoms with van der Waals surface area (Å²) in [5, 5.41) is 10.4. The van der Waals surface area contributed by atoms with Crippen LogP contribution in [0.5, 0.6) is 11.5 Å². The molecule has 3 nitrogen and oxygen atoms in total. The normalized spacial score (nSPS) is 10.3. The van der Waals surface area contributed by atoms with E-state index in [9.17, 15) is 9.90 Å². The summed E-state index contributed by atoms with van der Waals surface area (Å²) >= 11 is 16.6. The average molecular weight is 717 g/mol. The first kappa shape index (κ1) is 26.8. The van der Waals surface area contributed by atoms with Gasteiger partial charge in [0.15, 0.2) is 5.78 Å². The molecule has 0 aliphatic carbocycles. The van der Waals surface area contributed by atoms with Crippen molar-refractivity contribution >= 4 is 74.2 Å². The zero-order valence-corrected chi connectivity index (χ0v) is 23.9. The fourth-order valence-corrected chi connectivity index (χ4v) is 4.52. The number of hydrogen-bond acceptors (Lipinski definition) is 3. The molecule has 0 unspecified atom stereocenters. The Kier molecular flexibility index (Phi) is 10.1. The van der Waals surface area contributed by atoms with Crippen molar-refractivity contribution in [2.75, 3.05) is 7.11 Å². The number of benzene rings is 4. The van der Waals surface area contributed by atoms with Crippen molar-refractivity contribution in [3.63, 3.8) is 0 Å². The highest BCUT2D eigenvalue weighted by Gasteiger charge is 2.13. The van der Waals surface area contributed by atoms with E-state index in [-0.39, 0.29) is 11.5 Å². The maximum absolute atomic E-state index is 12.3. The molecule has 0 radical (unpaired) electrons. The largest absolute Gasteiger partial charge is 0.508 e. The van der Waals surface area contributed by atoms with Crippen molar-refractivity contribution in [2.24, 2.45) is 0 Å². The summed E-state index contributed by atoms with van der Waals surface area (Å²) in [6.07, 6.45) is 0.788. The molecule has 0 bridgehead atoms. The topological polar surface area (TPSA) is 46.5 Å². The van der Waals surface area contributed by atoms with E-state index >= 15 is 0 Å². The maximum atomic E-state index is 12.3. The average Bonchev–Trinajstić information content (AvgIpc) is 2.84. The molecule has 4 aromatic rings. The minimum absolute atomic E-state index is 0.0823. The lowest BCUT2D eigenvalue weighted by Crippen LogP contribution is -2.02. The SMILES string of the molecule is COc1ccc(C(=O)c2cc(I)ccc2Cl)cc1.Oc1ccc(Cc2cc(I)ccc2Cl)cc1. The van der Waals surface area contributed by atoms with Crippen molar-refractivity contribution < 1.29 is 14.6 Å². The van der Waals surface area contributed by atoms with Gasteiger partial charge >= 0.3 is 0 Å². The fourth-order valence-electron chi connectivity index (χ4n) is 3.08. The van der Waals surface area contributed by atoms with Gasteiger partial charge in [0.2, 0.25) is 0 Å². The molecule has 0 aliphatic heterocycles. The Morgan fingerprint density at radius 1 is 0.824 bits per heavy atom. The second-order valence-electron chi connectivity index (χ2n) is 7.26. The number of carbonyl (C=O) groups excluding carboxylic acids is 1. The first-order valence-corrected chi connectivity index (χ1v) is 13.0. The number of aromatic hydroxyl groups is 1. The minimum Gasteiger partial charge on any atom is -0.508 e. The third kappa shape index (κ3) is 7.60. The lowest BCUT2D eigenvalue weighted by molar-refractivity contribution is 0.103. The molecular weight excluding hydrogens is 697 g/mol. The monoisotopic (exact) mass is 716 g/mol. The summed E-state index contributed by atoms with van der Waals surface area (Å²) in [6, 6.07) is 25.6. The number of phenols is 1. The quantitative estimate of drug-likeness (QED) is 0.167. The van der Waals surface area contributed by atoms with Crippen LogP contribution in [-0.2, 0) is 6.42 Å². The van der Waals surface area contributed by atoms with Crippen LogP contribution in [0.25, 0.3) is 0 Å². The van der Waals surface area contributed by atoms with E-state index in [1.165, 1.54) is 3.57 Å². The van der Waals surface area contributed by atoms with Crippen molar-refractivity contribution in [1.29, 1.82) is 0 Å². The highest BCUT2D eigenvalue weighted by molar-refractivity contribution is 14.1. The zero-order chi connectivity index (χ0) is 24.7. The highest BCUT2D eigenvalue weighted by atomic mass is 127. The number of carbonyl (C=O) groups is 1. The van der Waals surface area contributed by atoms with E-state index in [2.05, 4.69) is 51.2 Å². The minimum atomic E-state index is -0.0823. The van der Waals surface area contributed by atoms with E-state index in [1.807, 2.05) is 30.3 Å². The molecule has 4 aromatic carbocycles. The van der Waals surface area contributed by atoms with Gasteiger partial charge in [0.05, 0.1) is 12.1 Å². The van der Waals surface area contributed by atoms with Crippen LogP contribution in [0.1, 0.15) is 27.0 Å². The molecule has 0 heterocycles. The predicted octanol–water partition coefficient (Wildman–Crippen LogP) is 8.43. The number of phenolic OH excluding ortho intramolecular Hbond substituents is 1. The molecule has 0 atom stereocenters. The smallest absolute Gasteiger partial charge is 0.194 e. The summed E-state index contributed by atoms with van der Waals surface area (Å²) in [5.41, 5.74) is 3.37. The summed E-state index contributed by atoms with van der Waals surface area (Å²) in [5.74, 6) is 0.930. The van der Waals surface area contributed by atoms with Gasteiger partial charge in [-0.05, 0) is 136 Å². The maximum Gasteiger partial charge on any atom is 0.194 e. The second-order valence-corrected chi connectivity index (χ2v) is 10.6. The van der Waals surface area contributed by atoms with Crippen molar-refractivity contribution in [3.8, 4) is 11.5 Å². The van der Waals surface area contributed by atoms with Crippen LogP contribution >= 0.6 is 68.4 Å². The molecule has 34 heavy (non-hydrogen) atoms. The molecular formula is C27H20Cl2I2O3. The molecule has 4 rings (SSSR count). The Hall–Kier alpha value is -1.81. The van der Waals surface area contributed by atoms with Gasteiger partial charge in [-0.2, -0.15) is 0 Å². The third-order valence-corrected chi connectivity index (χ3v) is 6.90. The fraction of sp³-hybridized carbons (Fsp3) is 0.0741. The van der Waals surface area contributed by atoms with Crippen LogP contribution in [0.3, 0.4) is 0 Å². The van der Waals surface area contributed by atoms with E-state index in [1.54, 1.807) is 55.6 Å². The molecule has 1 N–H and O–H groups in total. The van der Waals surface area contributed by atoms with Gasteiger partial charge in [-0.15, -0.1) is 0 Å². The summed E-state index contributed by atoms with van der Waals surface area (Å²) in [7, 11) is 1.59. The van der Waals surface area contributed by atoms with Gasteiger partial charge in [-0.25, -0.2) is 0 Å². The molecule has 7 heteroatoms. The number of ether oxygens (including phenoxy) is 1. The van der Waals surface area contributed by atoms with Gasteiger partial charge in [-0.3, -0.25) is 4.79 Å². The highest BCUT2D eigenvalue weighted by Crippen LogP contribution is 2.24. The molecule has 0 spiro atoms. The Morgan fingerprint density at radius 3 is 2.03 bits per heavy atom. The number of ketones is 1. The summed E-state index contributed by atoms with van der Waals surface area (Å²) < 4.78 is 7.22. The number of rotatable bonds is 5. The zero-order valence-electron chi connectivity index (χ0n) is 18.1. The predicted molar refractivity (Wildman–Crippen MR) is 156 cm³/mol. The van der Waals surface area contributed by atoms with E-state index in [4.69, 9.17) is 27.9 Å². The van der Waals surface area contributed by atoms with Crippen molar-refractivity contribution in [3.05, 3.63) is 124 Å². The van der Waals surface area contributed by atoms with Crippen LogP contribution in [0.4, 0.5) is 0 Å². The third-order valence-electron chi connectivity index (χ3n) is 4.86. The van der Waals surface area contributed by atoms with Crippen molar-refractivity contribution in [2.45, 2.75) is 6.42 Å². The first-order valence-electron chi connectivity index (χ1n) is 10.1. The van der Waals surface area contributed by atoms with Crippen LogP contribution < -0.4 is 4.74 Å². The van der Waals surface area contributed by atoms with Gasteiger partial charge in [0.25, 0.3) is 0 Å². The molecule has 0 fully saturated rings. The Labute approximate surface area is 236 Å². The van der Waals surface area contributed by atoms with Crippen LogP contribution in [0.15, 0.2) is 84.9 Å². The van der Waals surface area contributed by atoms with E-state index < -0.39 is 0 Å². The van der Waals surface area contributed by atoms with Gasteiger partial charge in [-0.1, -0.05) is 35.3 Å². The van der Waals surface area contributed by atoms with Gasteiger partial charge < -0.3 is 9.84 Å². The second kappa shape index (κ2) is 12.8. The Balaban J connectivity index is 0.000000192. The van der Waals surface area contributed by atoms with E-state index in [0.29, 0.717) is 16.1 Å². The van der Waals surface area contributed by atoms with Gasteiger partial charge in [0, 0.05) is 23.3 Å². The van der Waals surface area contributed by atoms with Crippen LogP contribution in [-0.4, -0.2) is 18.0 Å². The lowest BCUT2D eigenvalue weighted by atomic mass is 10.0. The molecule has 0 aliphatic rings. The van der Waals surface area contributed by atoms with Crippen molar-refractivity contribution in [1.82, 2.24) is 0 Å². The lowest BCUT2D eigenvalue weighted by Gasteiger charge is -2.05. The van der Waals surface area contributed by atoms with Crippen LogP contribution in [0, 0.1) is 7.14 Å². The first-order chi connectivity index (χ1) is 16.3. The van der Waals surface area contributed by atoms with Gasteiger partial charge in [0.1, 0.15) is 11.5 Å². The molecule has 0 saturated heterocycles. The van der Waals surface area contributed by atoms with E-state index in [0.717, 1.165) is 31.9 Å². The summed E-state index contributed by atoms with van der Waals surface area (Å²) in [4.78, 5) is 12.3. The molecule has 0 saturated carbocycles. The summed E-state index contributed by atoms with van der Waals surface area (Å²) in [6.45, 7) is 0. The van der Waals surface area contributed by atoms with Crippen LogP contribution in [0.2, 0.25) is 10.0 Å². The Morgan fingerprint density at radius 2 is 1.41 bits per heavy atom. The number of halogens is 4. The number of hydrogen-bond donors (Lipinski definition) is 1. The molecule has 174 valence electrons. The number of methoxy groups -OCH3 is 1. The Bertz CT molecular complexity index is 1270. The standard InChI is InChI=1S/C14H10ClIO2.C13H10ClIO/c1-18-11-5-2-9(3-6-11)14(17)12-8-10(16)4-7-13(12)15;14-13-6-3-11(15)8-10(13)7-9-1-4-12(16)5-2-9/h2-8H,1H3;1-6,8,16H,7H2.